The summed E-state index contributed by atoms with van der Waals surface area (Å²) in [4.78, 5) is 0. The second-order valence-corrected chi connectivity index (χ2v) is 5.02. The van der Waals surface area contributed by atoms with Crippen molar-refractivity contribution in [1.29, 1.82) is 0 Å². The Bertz CT molecular complexity index is 303. The molecule has 1 rings (SSSR count). The Balaban J connectivity index is 2.14. The predicted molar refractivity (Wildman–Crippen MR) is 75.2 cm³/mol. The van der Waals surface area contributed by atoms with Crippen molar-refractivity contribution < 1.29 is 4.74 Å². The summed E-state index contributed by atoms with van der Waals surface area (Å²) in [5.74, 6) is 0. The van der Waals surface area contributed by atoms with Crippen LogP contribution in [-0.2, 0) is 11.3 Å². The molecule has 0 aromatic heterocycles. The lowest BCUT2D eigenvalue weighted by molar-refractivity contribution is 0.198. The fourth-order valence-electron chi connectivity index (χ4n) is 1.46. The van der Waals surface area contributed by atoms with Crippen molar-refractivity contribution in [3.63, 3.8) is 0 Å². The summed E-state index contributed by atoms with van der Waals surface area (Å²) in [7, 11) is 1.72. The average Bonchev–Trinajstić information content (AvgIpc) is 2.34. The molecule has 3 nitrogen and oxygen atoms in total. The highest BCUT2D eigenvalue weighted by molar-refractivity contribution is 9.10. The van der Waals surface area contributed by atoms with Gasteiger partial charge in [-0.1, -0.05) is 28.1 Å². The van der Waals surface area contributed by atoms with Crippen LogP contribution in [0.15, 0.2) is 28.7 Å². The number of nitrogens with one attached hydrogen (secondary N) is 2. The SMILES string of the molecule is COCCNCC(C)NCc1ccc(Br)cc1. The summed E-state index contributed by atoms with van der Waals surface area (Å²) >= 11 is 3.43. The molecule has 1 aromatic rings. The Morgan fingerprint density at radius 1 is 1.29 bits per heavy atom. The van der Waals surface area contributed by atoms with Crippen LogP contribution in [0.4, 0.5) is 0 Å². The van der Waals surface area contributed by atoms with Crippen LogP contribution in [0.1, 0.15) is 12.5 Å². The van der Waals surface area contributed by atoms with E-state index in [0.717, 1.165) is 30.7 Å². The van der Waals surface area contributed by atoms with E-state index < -0.39 is 0 Å². The fraction of sp³-hybridized carbons (Fsp3) is 0.538. The summed E-state index contributed by atoms with van der Waals surface area (Å²) in [6.45, 7) is 5.71. The highest BCUT2D eigenvalue weighted by Crippen LogP contribution is 2.10. The number of hydrogen-bond acceptors (Lipinski definition) is 3. The highest BCUT2D eigenvalue weighted by Gasteiger charge is 2.00. The Morgan fingerprint density at radius 2 is 2.00 bits per heavy atom. The predicted octanol–water partition coefficient (Wildman–Crippen LogP) is 2.16. The third-order valence-corrected chi connectivity index (χ3v) is 3.03. The number of benzene rings is 1. The molecule has 0 aliphatic rings. The van der Waals surface area contributed by atoms with Crippen molar-refractivity contribution in [2.75, 3.05) is 26.8 Å². The van der Waals surface area contributed by atoms with Crippen LogP contribution in [0.25, 0.3) is 0 Å². The molecule has 0 amide bonds. The monoisotopic (exact) mass is 300 g/mol. The molecule has 1 unspecified atom stereocenters. The van der Waals surface area contributed by atoms with Crippen LogP contribution < -0.4 is 10.6 Å². The molecule has 0 saturated heterocycles. The van der Waals surface area contributed by atoms with Crippen LogP contribution in [-0.4, -0.2) is 32.8 Å². The molecule has 1 aromatic carbocycles. The molecule has 0 heterocycles. The number of rotatable bonds is 8. The van der Waals surface area contributed by atoms with Crippen LogP contribution in [0, 0.1) is 0 Å². The molecule has 17 heavy (non-hydrogen) atoms. The minimum Gasteiger partial charge on any atom is -0.383 e. The molecule has 0 fully saturated rings. The lowest BCUT2D eigenvalue weighted by Crippen LogP contribution is -2.37. The molecule has 0 radical (unpaired) electrons. The normalized spacial score (nSPS) is 12.6. The third-order valence-electron chi connectivity index (χ3n) is 2.50. The van der Waals surface area contributed by atoms with Gasteiger partial charge < -0.3 is 15.4 Å². The highest BCUT2D eigenvalue weighted by atomic mass is 79.9. The van der Waals surface area contributed by atoms with Crippen molar-refractivity contribution in [3.05, 3.63) is 34.3 Å². The second-order valence-electron chi connectivity index (χ2n) is 4.11. The molecule has 1 atom stereocenters. The summed E-state index contributed by atoms with van der Waals surface area (Å²) in [6, 6.07) is 8.84. The number of halogens is 1. The van der Waals surface area contributed by atoms with Gasteiger partial charge in [0.15, 0.2) is 0 Å². The number of methoxy groups -OCH3 is 1. The van der Waals surface area contributed by atoms with Gasteiger partial charge in [-0.3, -0.25) is 0 Å². The van der Waals surface area contributed by atoms with E-state index in [-0.39, 0.29) is 0 Å². The van der Waals surface area contributed by atoms with Gasteiger partial charge in [0.05, 0.1) is 6.61 Å². The van der Waals surface area contributed by atoms with Crippen LogP contribution >= 0.6 is 15.9 Å². The summed E-state index contributed by atoms with van der Waals surface area (Å²) in [5, 5.41) is 6.81. The zero-order valence-electron chi connectivity index (χ0n) is 10.5. The quantitative estimate of drug-likeness (QED) is 0.722. The average molecular weight is 301 g/mol. The third kappa shape index (κ3) is 6.78. The zero-order chi connectivity index (χ0) is 12.5. The van der Waals surface area contributed by atoms with E-state index in [1.165, 1.54) is 5.56 Å². The van der Waals surface area contributed by atoms with E-state index >= 15 is 0 Å². The molecule has 0 aliphatic carbocycles. The van der Waals surface area contributed by atoms with E-state index in [2.05, 4.69) is 57.8 Å². The van der Waals surface area contributed by atoms with Gasteiger partial charge in [-0.15, -0.1) is 0 Å². The zero-order valence-corrected chi connectivity index (χ0v) is 12.1. The lowest BCUT2D eigenvalue weighted by Gasteiger charge is -2.14. The largest absolute Gasteiger partial charge is 0.383 e. The molecule has 0 spiro atoms. The molecule has 4 heteroatoms. The molecule has 2 N–H and O–H groups in total. The van der Waals surface area contributed by atoms with Crippen molar-refractivity contribution in [2.45, 2.75) is 19.5 Å². The Hall–Kier alpha value is -0.420. The van der Waals surface area contributed by atoms with Gasteiger partial charge in [-0.25, -0.2) is 0 Å². The Morgan fingerprint density at radius 3 is 2.65 bits per heavy atom. The molecule has 96 valence electrons. The van der Waals surface area contributed by atoms with E-state index in [4.69, 9.17) is 4.74 Å². The van der Waals surface area contributed by atoms with Crippen LogP contribution in [0.5, 0.6) is 0 Å². The molecule has 0 bridgehead atoms. The first-order chi connectivity index (χ1) is 8.22. The Labute approximate surface area is 112 Å². The lowest BCUT2D eigenvalue weighted by atomic mass is 10.2. The van der Waals surface area contributed by atoms with Crippen molar-refractivity contribution in [2.24, 2.45) is 0 Å². The minimum atomic E-state index is 0.454. The van der Waals surface area contributed by atoms with Gasteiger partial charge in [0.25, 0.3) is 0 Å². The first kappa shape index (κ1) is 14.6. The van der Waals surface area contributed by atoms with Crippen LogP contribution in [0.3, 0.4) is 0 Å². The maximum absolute atomic E-state index is 4.98. The van der Waals surface area contributed by atoms with E-state index in [1.54, 1.807) is 7.11 Å². The number of ether oxygens (including phenoxy) is 1. The standard InChI is InChI=1S/C13H21BrN2O/c1-11(9-15-7-8-17-2)16-10-12-3-5-13(14)6-4-12/h3-6,11,15-16H,7-10H2,1-2H3. The van der Waals surface area contributed by atoms with Gasteiger partial charge in [-0.05, 0) is 24.6 Å². The van der Waals surface area contributed by atoms with E-state index in [0.29, 0.717) is 6.04 Å². The summed E-state index contributed by atoms with van der Waals surface area (Å²) in [6.07, 6.45) is 0. The van der Waals surface area contributed by atoms with Gasteiger partial charge in [0, 0.05) is 37.3 Å². The van der Waals surface area contributed by atoms with Gasteiger partial charge in [0.1, 0.15) is 0 Å². The van der Waals surface area contributed by atoms with Gasteiger partial charge >= 0.3 is 0 Å². The maximum Gasteiger partial charge on any atom is 0.0587 e. The summed E-state index contributed by atoms with van der Waals surface area (Å²) in [5.41, 5.74) is 1.30. The fourth-order valence-corrected chi connectivity index (χ4v) is 1.72. The van der Waals surface area contributed by atoms with Crippen molar-refractivity contribution >= 4 is 15.9 Å². The molecule has 0 aliphatic heterocycles. The molecule has 0 saturated carbocycles. The van der Waals surface area contributed by atoms with Crippen molar-refractivity contribution in [3.8, 4) is 0 Å². The first-order valence-corrected chi connectivity index (χ1v) is 6.69. The van der Waals surface area contributed by atoms with E-state index in [1.807, 2.05) is 0 Å². The minimum absolute atomic E-state index is 0.454. The molecular weight excluding hydrogens is 280 g/mol. The summed E-state index contributed by atoms with van der Waals surface area (Å²) < 4.78 is 6.10. The molecular formula is C13H21BrN2O. The van der Waals surface area contributed by atoms with Gasteiger partial charge in [0.2, 0.25) is 0 Å². The Kier molecular flexibility index (Phi) is 7.44. The smallest absolute Gasteiger partial charge is 0.0587 e. The van der Waals surface area contributed by atoms with Crippen LogP contribution in [0.2, 0.25) is 0 Å². The number of hydrogen-bond donors (Lipinski definition) is 2. The van der Waals surface area contributed by atoms with Gasteiger partial charge in [-0.2, -0.15) is 0 Å². The van der Waals surface area contributed by atoms with Crippen molar-refractivity contribution in [1.82, 2.24) is 10.6 Å². The van der Waals surface area contributed by atoms with E-state index in [9.17, 15) is 0 Å². The first-order valence-electron chi connectivity index (χ1n) is 5.90. The topological polar surface area (TPSA) is 33.3 Å². The second kappa shape index (κ2) is 8.64. The maximum atomic E-state index is 4.98.